The average molecular weight is 631 g/mol. The number of fused-ring (bicyclic) bond motifs is 1. The third kappa shape index (κ3) is 9.53. The molecule has 0 amide bonds. The van der Waals surface area contributed by atoms with Gasteiger partial charge in [-0.25, -0.2) is 0 Å². The van der Waals surface area contributed by atoms with Gasteiger partial charge in [-0.05, 0) is 124 Å². The van der Waals surface area contributed by atoms with E-state index in [1.807, 2.05) is 13.8 Å². The van der Waals surface area contributed by atoms with Crippen LogP contribution in [0.2, 0.25) is 36.3 Å². The summed E-state index contributed by atoms with van der Waals surface area (Å²) in [5, 5.41) is 10.5. The highest BCUT2D eigenvalue weighted by Crippen LogP contribution is 2.57. The molecule has 1 N–H and O–H groups in total. The minimum absolute atomic E-state index is 0.0369. The molecule has 0 heterocycles. The van der Waals surface area contributed by atoms with Crippen molar-refractivity contribution >= 4 is 16.6 Å². The van der Waals surface area contributed by atoms with Crippen molar-refractivity contribution in [2.75, 3.05) is 0 Å². The molecule has 0 aromatic heterocycles. The molecule has 0 aliphatic heterocycles. The molecule has 0 aromatic carbocycles. The number of allylic oxidation sites excluding steroid dienone is 3. The molecule has 3 fully saturated rings. The standard InChI is InChI=1S/C38H70O3Si2/c1-29-31(27-32(40-42(10,11)35(2,3)4)28-34(29)41-43(12,13)36(5,6)7)22-21-30-19-17-25-38(26-18-20-33(30)38)24-16-14-15-23-37(8,9)39/h21-22,32-34,39H,1,14-20,23-28H2,2-13H3/b30-21+,31-22-/t32-,33+,34+,38-/m1/s1. The summed E-state index contributed by atoms with van der Waals surface area (Å²) in [6, 6.07) is 0. The van der Waals surface area contributed by atoms with Crippen molar-refractivity contribution in [3.05, 3.63) is 35.5 Å². The van der Waals surface area contributed by atoms with Crippen LogP contribution in [-0.4, -0.2) is 39.6 Å². The maximum absolute atomic E-state index is 10.1. The summed E-state index contributed by atoms with van der Waals surface area (Å²) in [6.07, 6.45) is 21.1. The van der Waals surface area contributed by atoms with Crippen molar-refractivity contribution < 1.29 is 14.0 Å². The summed E-state index contributed by atoms with van der Waals surface area (Å²) in [4.78, 5) is 0. The molecule has 248 valence electrons. The molecule has 0 spiro atoms. The van der Waals surface area contributed by atoms with Gasteiger partial charge in [0.1, 0.15) is 0 Å². The van der Waals surface area contributed by atoms with Crippen LogP contribution in [0.4, 0.5) is 0 Å². The van der Waals surface area contributed by atoms with Crippen LogP contribution in [-0.2, 0) is 8.85 Å². The Morgan fingerprint density at radius 2 is 1.47 bits per heavy atom. The Labute approximate surface area is 269 Å². The van der Waals surface area contributed by atoms with E-state index in [2.05, 4.69) is 86.5 Å². The fourth-order valence-corrected chi connectivity index (χ4v) is 10.1. The fourth-order valence-electron chi connectivity index (χ4n) is 7.44. The van der Waals surface area contributed by atoms with Gasteiger partial charge in [-0.1, -0.05) is 91.5 Å². The Morgan fingerprint density at radius 1 is 0.860 bits per heavy atom. The molecule has 5 heteroatoms. The van der Waals surface area contributed by atoms with Crippen molar-refractivity contribution in [1.29, 1.82) is 0 Å². The highest BCUT2D eigenvalue weighted by atomic mass is 28.4. The minimum Gasteiger partial charge on any atom is -0.413 e. The molecule has 0 aromatic rings. The summed E-state index contributed by atoms with van der Waals surface area (Å²) in [6.45, 7) is 32.1. The number of hydrogen-bond donors (Lipinski definition) is 1. The first-order valence-electron chi connectivity index (χ1n) is 17.7. The first-order chi connectivity index (χ1) is 19.6. The summed E-state index contributed by atoms with van der Waals surface area (Å²) in [5.74, 6) is 0.739. The number of unbranched alkanes of at least 4 members (excludes halogenated alkanes) is 2. The third-order valence-electron chi connectivity index (χ3n) is 12.2. The molecule has 0 saturated heterocycles. The molecule has 4 atom stereocenters. The lowest BCUT2D eigenvalue weighted by Gasteiger charge is -2.45. The predicted octanol–water partition coefficient (Wildman–Crippen LogP) is 11.7. The van der Waals surface area contributed by atoms with E-state index in [1.165, 1.54) is 68.9 Å². The van der Waals surface area contributed by atoms with Crippen LogP contribution in [0.15, 0.2) is 35.5 Å². The Balaban J connectivity index is 1.83. The second-order valence-corrected chi connectivity index (χ2v) is 27.8. The predicted molar refractivity (Wildman–Crippen MR) is 192 cm³/mol. The lowest BCUT2D eigenvalue weighted by molar-refractivity contribution is 0.0672. The Hall–Kier alpha value is -0.466. The summed E-state index contributed by atoms with van der Waals surface area (Å²) in [5.41, 5.74) is 4.21. The Kier molecular flexibility index (Phi) is 11.8. The Morgan fingerprint density at radius 3 is 2.07 bits per heavy atom. The zero-order valence-corrected chi connectivity index (χ0v) is 32.5. The van der Waals surface area contributed by atoms with Gasteiger partial charge >= 0.3 is 0 Å². The van der Waals surface area contributed by atoms with Crippen LogP contribution in [0.1, 0.15) is 139 Å². The smallest absolute Gasteiger partial charge is 0.192 e. The first-order valence-corrected chi connectivity index (χ1v) is 23.6. The molecule has 43 heavy (non-hydrogen) atoms. The highest BCUT2D eigenvalue weighted by molar-refractivity contribution is 6.74. The number of aliphatic hydroxyl groups is 1. The topological polar surface area (TPSA) is 38.7 Å². The van der Waals surface area contributed by atoms with Gasteiger partial charge < -0.3 is 14.0 Å². The van der Waals surface area contributed by atoms with Gasteiger partial charge in [0.05, 0.1) is 17.8 Å². The Bertz CT molecular complexity index is 1020. The lowest BCUT2D eigenvalue weighted by Crippen LogP contribution is -2.49. The molecule has 0 unspecified atom stereocenters. The molecule has 3 saturated carbocycles. The van der Waals surface area contributed by atoms with E-state index in [0.29, 0.717) is 5.41 Å². The van der Waals surface area contributed by atoms with E-state index in [4.69, 9.17) is 8.85 Å². The lowest BCUT2D eigenvalue weighted by atomic mass is 9.63. The van der Waals surface area contributed by atoms with Gasteiger partial charge in [-0.15, -0.1) is 0 Å². The zero-order valence-electron chi connectivity index (χ0n) is 30.5. The average Bonchev–Trinajstić information content (AvgIpc) is 3.27. The van der Waals surface area contributed by atoms with E-state index >= 15 is 0 Å². The van der Waals surface area contributed by atoms with Gasteiger partial charge in [0.25, 0.3) is 0 Å². The van der Waals surface area contributed by atoms with E-state index in [-0.39, 0.29) is 22.3 Å². The summed E-state index contributed by atoms with van der Waals surface area (Å²) < 4.78 is 14.1. The van der Waals surface area contributed by atoms with Crippen molar-refractivity contribution in [2.24, 2.45) is 11.3 Å². The van der Waals surface area contributed by atoms with E-state index < -0.39 is 22.2 Å². The summed E-state index contributed by atoms with van der Waals surface area (Å²) >= 11 is 0. The van der Waals surface area contributed by atoms with E-state index in [1.54, 1.807) is 5.57 Å². The molecule has 3 nitrogen and oxygen atoms in total. The fraction of sp³-hybridized carbons (Fsp3) is 0.842. The second-order valence-electron chi connectivity index (χ2n) is 18.3. The third-order valence-corrected chi connectivity index (χ3v) is 21.2. The molecule has 0 radical (unpaired) electrons. The number of rotatable bonds is 11. The maximum atomic E-state index is 10.1. The zero-order chi connectivity index (χ0) is 32.5. The highest BCUT2D eigenvalue weighted by Gasteiger charge is 2.46. The first kappa shape index (κ1) is 37.0. The van der Waals surface area contributed by atoms with Crippen LogP contribution in [0.25, 0.3) is 0 Å². The molecular weight excluding hydrogens is 561 g/mol. The van der Waals surface area contributed by atoms with Crippen LogP contribution in [0.5, 0.6) is 0 Å². The van der Waals surface area contributed by atoms with Gasteiger partial charge in [0.15, 0.2) is 16.6 Å². The quantitative estimate of drug-likeness (QED) is 0.182. The monoisotopic (exact) mass is 630 g/mol. The van der Waals surface area contributed by atoms with Gasteiger partial charge in [0, 0.05) is 6.42 Å². The van der Waals surface area contributed by atoms with Crippen molar-refractivity contribution in [3.8, 4) is 0 Å². The molecule has 3 rings (SSSR count). The van der Waals surface area contributed by atoms with Crippen molar-refractivity contribution in [1.82, 2.24) is 0 Å². The largest absolute Gasteiger partial charge is 0.413 e. The van der Waals surface area contributed by atoms with Crippen LogP contribution in [0.3, 0.4) is 0 Å². The minimum atomic E-state index is -1.96. The van der Waals surface area contributed by atoms with Gasteiger partial charge in [0.2, 0.25) is 0 Å². The van der Waals surface area contributed by atoms with E-state index in [0.717, 1.165) is 31.6 Å². The van der Waals surface area contributed by atoms with E-state index in [9.17, 15) is 5.11 Å². The molecular formula is C38H70O3Si2. The van der Waals surface area contributed by atoms with Crippen molar-refractivity contribution in [2.45, 2.75) is 193 Å². The molecule has 0 bridgehead atoms. The number of hydrogen-bond acceptors (Lipinski definition) is 3. The molecule has 3 aliphatic carbocycles. The van der Waals surface area contributed by atoms with Crippen molar-refractivity contribution in [3.63, 3.8) is 0 Å². The second kappa shape index (κ2) is 13.7. The van der Waals surface area contributed by atoms with Crippen LogP contribution >= 0.6 is 0 Å². The summed E-state index contributed by atoms with van der Waals surface area (Å²) in [7, 11) is -3.87. The van der Waals surface area contributed by atoms with Gasteiger partial charge in [-0.2, -0.15) is 0 Å². The van der Waals surface area contributed by atoms with Crippen LogP contribution in [0, 0.1) is 11.3 Å². The normalized spacial score (nSPS) is 29.9. The van der Waals surface area contributed by atoms with Crippen LogP contribution < -0.4 is 0 Å². The molecule has 3 aliphatic rings. The van der Waals surface area contributed by atoms with Gasteiger partial charge in [-0.3, -0.25) is 0 Å². The maximum Gasteiger partial charge on any atom is 0.192 e. The SMILES string of the molecule is C=C1/C(=C\C=C2/CCC[C@]3(CCCCCC(C)(C)O)CCC[C@@H]23)C[C@@H](O[Si](C)(C)C(C)(C)C)C[C@@H]1O[Si](C)(C)C(C)(C)C.